The number of carbonyl (C=O) groups excluding carboxylic acids is 1. The van der Waals surface area contributed by atoms with Gasteiger partial charge in [-0.05, 0) is 30.2 Å². The maximum Gasteiger partial charge on any atom is 0.259 e. The Bertz CT molecular complexity index is 836. The lowest BCUT2D eigenvalue weighted by molar-refractivity contribution is 0.0991. The van der Waals surface area contributed by atoms with Gasteiger partial charge in [0.2, 0.25) is 0 Å². The number of anilines is 1. The summed E-state index contributed by atoms with van der Waals surface area (Å²) < 4.78 is 0. The lowest BCUT2D eigenvalue weighted by atomic mass is 10.1. The standard InChI is InChI=1S/C18H14N2O/c21-18(20-12-10-13-5-1-4-8-17(13)20)15-9-11-19-16-7-3-2-6-14(15)16/h1-9,11H,10,12H2. The van der Waals surface area contributed by atoms with Gasteiger partial charge in [0.1, 0.15) is 0 Å². The van der Waals surface area contributed by atoms with E-state index >= 15 is 0 Å². The van der Waals surface area contributed by atoms with E-state index in [0.717, 1.165) is 35.1 Å². The number of para-hydroxylation sites is 2. The quantitative estimate of drug-likeness (QED) is 0.681. The highest BCUT2D eigenvalue weighted by Gasteiger charge is 2.26. The highest BCUT2D eigenvalue weighted by atomic mass is 16.2. The van der Waals surface area contributed by atoms with Crippen molar-refractivity contribution in [2.24, 2.45) is 0 Å². The first-order chi connectivity index (χ1) is 10.3. The molecule has 0 bridgehead atoms. The SMILES string of the molecule is O=C(c1ccnc2ccccc12)N1CCc2ccccc21. The number of carbonyl (C=O) groups is 1. The first kappa shape index (κ1) is 12.1. The summed E-state index contributed by atoms with van der Waals surface area (Å²) in [6.07, 6.45) is 2.63. The van der Waals surface area contributed by atoms with Crippen molar-refractivity contribution in [3.8, 4) is 0 Å². The molecule has 21 heavy (non-hydrogen) atoms. The van der Waals surface area contributed by atoms with Crippen LogP contribution in [0.4, 0.5) is 5.69 Å². The van der Waals surface area contributed by atoms with Crippen LogP contribution in [0.2, 0.25) is 0 Å². The van der Waals surface area contributed by atoms with E-state index in [1.807, 2.05) is 53.4 Å². The molecule has 102 valence electrons. The number of rotatable bonds is 1. The zero-order chi connectivity index (χ0) is 14.2. The fourth-order valence-electron chi connectivity index (χ4n) is 2.98. The molecule has 0 unspecified atom stereocenters. The van der Waals surface area contributed by atoms with Gasteiger partial charge in [0, 0.05) is 23.8 Å². The summed E-state index contributed by atoms with van der Waals surface area (Å²) in [5.74, 6) is 0.0542. The van der Waals surface area contributed by atoms with E-state index in [-0.39, 0.29) is 5.91 Å². The maximum absolute atomic E-state index is 12.9. The number of fused-ring (bicyclic) bond motifs is 2. The van der Waals surface area contributed by atoms with E-state index in [1.54, 1.807) is 6.20 Å². The van der Waals surface area contributed by atoms with Gasteiger partial charge in [0.05, 0.1) is 11.1 Å². The molecule has 0 atom stereocenters. The van der Waals surface area contributed by atoms with Crippen LogP contribution < -0.4 is 4.90 Å². The molecular formula is C18H14N2O. The molecule has 3 aromatic rings. The number of hydrogen-bond donors (Lipinski definition) is 0. The van der Waals surface area contributed by atoms with Crippen molar-refractivity contribution in [2.75, 3.05) is 11.4 Å². The van der Waals surface area contributed by atoms with E-state index in [4.69, 9.17) is 0 Å². The van der Waals surface area contributed by atoms with Crippen LogP contribution in [0.3, 0.4) is 0 Å². The Morgan fingerprint density at radius 1 is 1.00 bits per heavy atom. The van der Waals surface area contributed by atoms with Gasteiger partial charge < -0.3 is 4.90 Å². The van der Waals surface area contributed by atoms with E-state index in [9.17, 15) is 4.79 Å². The Balaban J connectivity index is 1.82. The predicted octanol–water partition coefficient (Wildman–Crippen LogP) is 3.44. The third-order valence-electron chi connectivity index (χ3n) is 4.01. The number of benzene rings is 2. The van der Waals surface area contributed by atoms with Gasteiger partial charge in [0.15, 0.2) is 0 Å². The summed E-state index contributed by atoms with van der Waals surface area (Å²) in [4.78, 5) is 19.1. The van der Waals surface area contributed by atoms with Gasteiger partial charge in [-0.1, -0.05) is 36.4 Å². The molecule has 0 aliphatic carbocycles. The predicted molar refractivity (Wildman–Crippen MR) is 83.6 cm³/mol. The lowest BCUT2D eigenvalue weighted by Crippen LogP contribution is -2.29. The highest BCUT2D eigenvalue weighted by molar-refractivity contribution is 6.14. The summed E-state index contributed by atoms with van der Waals surface area (Å²) in [7, 11) is 0. The molecule has 2 aromatic carbocycles. The van der Waals surface area contributed by atoms with Gasteiger partial charge in [-0.2, -0.15) is 0 Å². The normalized spacial score (nSPS) is 13.4. The molecule has 1 aliphatic heterocycles. The smallest absolute Gasteiger partial charge is 0.259 e. The highest BCUT2D eigenvalue weighted by Crippen LogP contribution is 2.30. The van der Waals surface area contributed by atoms with Crippen LogP contribution in [0.25, 0.3) is 10.9 Å². The van der Waals surface area contributed by atoms with Crippen molar-refractivity contribution < 1.29 is 4.79 Å². The van der Waals surface area contributed by atoms with Crippen LogP contribution in [-0.2, 0) is 6.42 Å². The summed E-state index contributed by atoms with van der Waals surface area (Å²) in [5, 5.41) is 0.911. The van der Waals surface area contributed by atoms with E-state index in [1.165, 1.54) is 5.56 Å². The van der Waals surface area contributed by atoms with Crippen molar-refractivity contribution in [3.63, 3.8) is 0 Å². The third kappa shape index (κ3) is 1.89. The minimum absolute atomic E-state index is 0.0542. The largest absolute Gasteiger partial charge is 0.308 e. The molecule has 1 amide bonds. The van der Waals surface area contributed by atoms with Gasteiger partial charge in [-0.25, -0.2) is 0 Å². The summed E-state index contributed by atoms with van der Waals surface area (Å²) in [5.41, 5.74) is 3.85. The molecule has 0 saturated heterocycles. The van der Waals surface area contributed by atoms with Crippen molar-refractivity contribution in [2.45, 2.75) is 6.42 Å². The molecule has 3 heteroatoms. The molecule has 0 N–H and O–H groups in total. The van der Waals surface area contributed by atoms with Crippen LogP contribution in [-0.4, -0.2) is 17.4 Å². The Kier molecular flexibility index (Phi) is 2.71. The van der Waals surface area contributed by atoms with Crippen LogP contribution in [0.1, 0.15) is 15.9 Å². The molecular weight excluding hydrogens is 260 g/mol. The van der Waals surface area contributed by atoms with Crippen molar-refractivity contribution in [1.82, 2.24) is 4.98 Å². The number of aromatic nitrogens is 1. The van der Waals surface area contributed by atoms with Gasteiger partial charge in [0.25, 0.3) is 5.91 Å². The Hall–Kier alpha value is -2.68. The lowest BCUT2D eigenvalue weighted by Gasteiger charge is -2.18. The first-order valence-corrected chi connectivity index (χ1v) is 7.08. The Labute approximate surface area is 122 Å². The number of hydrogen-bond acceptors (Lipinski definition) is 2. The second kappa shape index (κ2) is 4.70. The minimum atomic E-state index is 0.0542. The molecule has 1 aliphatic rings. The average Bonchev–Trinajstić information content (AvgIpc) is 2.98. The number of amides is 1. The van der Waals surface area contributed by atoms with Gasteiger partial charge >= 0.3 is 0 Å². The number of pyridine rings is 1. The van der Waals surface area contributed by atoms with E-state index < -0.39 is 0 Å². The maximum atomic E-state index is 12.9. The van der Waals surface area contributed by atoms with Crippen molar-refractivity contribution in [3.05, 3.63) is 71.9 Å². The van der Waals surface area contributed by atoms with Gasteiger partial charge in [-0.15, -0.1) is 0 Å². The molecule has 4 rings (SSSR count). The van der Waals surface area contributed by atoms with Crippen LogP contribution >= 0.6 is 0 Å². The topological polar surface area (TPSA) is 33.2 Å². The molecule has 0 radical (unpaired) electrons. The van der Waals surface area contributed by atoms with Crippen LogP contribution in [0.5, 0.6) is 0 Å². The van der Waals surface area contributed by atoms with Crippen LogP contribution in [0.15, 0.2) is 60.8 Å². The minimum Gasteiger partial charge on any atom is -0.308 e. The summed E-state index contributed by atoms with van der Waals surface area (Å²) in [6, 6.07) is 17.7. The van der Waals surface area contributed by atoms with Crippen LogP contribution in [0, 0.1) is 0 Å². The molecule has 1 aromatic heterocycles. The Morgan fingerprint density at radius 2 is 1.81 bits per heavy atom. The average molecular weight is 274 g/mol. The first-order valence-electron chi connectivity index (χ1n) is 7.08. The summed E-state index contributed by atoms with van der Waals surface area (Å²) in [6.45, 7) is 0.745. The zero-order valence-corrected chi connectivity index (χ0v) is 11.5. The molecule has 0 fully saturated rings. The molecule has 3 nitrogen and oxygen atoms in total. The molecule has 0 saturated carbocycles. The second-order valence-electron chi connectivity index (χ2n) is 5.21. The van der Waals surface area contributed by atoms with Crippen molar-refractivity contribution >= 4 is 22.5 Å². The third-order valence-corrected chi connectivity index (χ3v) is 4.01. The molecule has 0 spiro atoms. The fraction of sp³-hybridized carbons (Fsp3) is 0.111. The number of nitrogens with zero attached hydrogens (tertiary/aromatic N) is 2. The van der Waals surface area contributed by atoms with E-state index in [0.29, 0.717) is 0 Å². The zero-order valence-electron chi connectivity index (χ0n) is 11.5. The van der Waals surface area contributed by atoms with Gasteiger partial charge in [-0.3, -0.25) is 9.78 Å². The second-order valence-corrected chi connectivity index (χ2v) is 5.21. The summed E-state index contributed by atoms with van der Waals surface area (Å²) >= 11 is 0. The van der Waals surface area contributed by atoms with E-state index in [2.05, 4.69) is 11.1 Å². The molecule has 2 heterocycles. The Morgan fingerprint density at radius 3 is 2.76 bits per heavy atom. The monoisotopic (exact) mass is 274 g/mol. The fourth-order valence-corrected chi connectivity index (χ4v) is 2.98. The van der Waals surface area contributed by atoms with Crippen molar-refractivity contribution in [1.29, 1.82) is 0 Å².